The van der Waals surface area contributed by atoms with Gasteiger partial charge in [-0.2, -0.15) is 0 Å². The molecule has 1 atom stereocenters. The molecule has 0 spiro atoms. The molecule has 29 heavy (non-hydrogen) atoms. The van der Waals surface area contributed by atoms with Gasteiger partial charge in [0.15, 0.2) is 0 Å². The van der Waals surface area contributed by atoms with Crippen molar-refractivity contribution in [3.8, 4) is 0 Å². The summed E-state index contributed by atoms with van der Waals surface area (Å²) in [6, 6.07) is 0. The molecule has 0 aromatic heterocycles. The average Bonchev–Trinajstić information content (AvgIpc) is 2.74. The van der Waals surface area contributed by atoms with E-state index in [0.717, 1.165) is 19.0 Å². The first-order valence-electron chi connectivity index (χ1n) is 12.1. The fraction of sp³-hybridized carbons (Fsp3) is 0.920. The maximum atomic E-state index is 9.81. The number of carbonyl (C=O) groups excluding carboxylic acids is 2. The predicted octanol–water partition coefficient (Wildman–Crippen LogP) is 7.19. The van der Waals surface area contributed by atoms with Crippen molar-refractivity contribution in [3.63, 3.8) is 0 Å². The van der Waals surface area contributed by atoms with Crippen LogP contribution in [0.2, 0.25) is 0 Å². The van der Waals surface area contributed by atoms with Gasteiger partial charge >= 0.3 is 0 Å². The number of rotatable bonds is 11. The molecule has 0 aromatic carbocycles. The minimum absolute atomic E-state index is 0.255. The summed E-state index contributed by atoms with van der Waals surface area (Å²) >= 11 is 0. The monoisotopic (exact) mass is 420 g/mol. The van der Waals surface area contributed by atoms with Crippen molar-refractivity contribution in [2.24, 2.45) is 11.7 Å². The van der Waals surface area contributed by atoms with E-state index in [-0.39, 0.29) is 5.78 Å². The average molecular weight is 421 g/mol. The molecule has 0 amide bonds. The van der Waals surface area contributed by atoms with E-state index in [2.05, 4.69) is 39.9 Å². The Morgan fingerprint density at radius 3 is 1.52 bits per heavy atom. The van der Waals surface area contributed by atoms with E-state index in [1.165, 1.54) is 57.8 Å². The van der Waals surface area contributed by atoms with Crippen LogP contribution in [0.3, 0.4) is 0 Å². The van der Waals surface area contributed by atoms with Gasteiger partial charge in [0.2, 0.25) is 0 Å². The highest BCUT2D eigenvalue weighted by Gasteiger charge is 2.05. The third-order valence-electron chi connectivity index (χ3n) is 3.34. The summed E-state index contributed by atoms with van der Waals surface area (Å²) < 4.78 is 0. The molecule has 0 radical (unpaired) electrons. The Balaban J connectivity index is -0.0000000725. The van der Waals surface area contributed by atoms with E-state index < -0.39 is 0 Å². The first-order chi connectivity index (χ1) is 13.9. The molecule has 0 rings (SSSR count). The molecular weight excluding hydrogens is 360 g/mol. The van der Waals surface area contributed by atoms with Crippen molar-refractivity contribution in [1.82, 2.24) is 5.32 Å². The zero-order valence-corrected chi connectivity index (χ0v) is 22.2. The molecule has 0 heterocycles. The van der Waals surface area contributed by atoms with E-state index in [9.17, 15) is 4.79 Å². The van der Waals surface area contributed by atoms with Crippen LogP contribution < -0.4 is 11.1 Å². The Bertz CT molecular complexity index is 223. The van der Waals surface area contributed by atoms with Gasteiger partial charge in [0.25, 0.3) is 0 Å². The first-order valence-corrected chi connectivity index (χ1v) is 12.1. The Hall–Kier alpha value is -0.740. The second-order valence-electron chi connectivity index (χ2n) is 6.67. The molecule has 0 saturated carbocycles. The quantitative estimate of drug-likeness (QED) is 0.347. The zero-order valence-electron chi connectivity index (χ0n) is 22.2. The lowest BCUT2D eigenvalue weighted by atomic mass is 9.96. The molecule has 4 nitrogen and oxygen atoms in total. The van der Waals surface area contributed by atoms with E-state index in [0.29, 0.717) is 6.42 Å². The number of hydrogen-bond donors (Lipinski definition) is 2. The Morgan fingerprint density at radius 2 is 1.24 bits per heavy atom. The maximum absolute atomic E-state index is 9.81. The van der Waals surface area contributed by atoms with Gasteiger partial charge in [-0.15, -0.1) is 0 Å². The Kier molecular flexibility index (Phi) is 82.4. The van der Waals surface area contributed by atoms with Crippen LogP contribution in [0, 0.1) is 5.92 Å². The van der Waals surface area contributed by atoms with Crippen molar-refractivity contribution in [3.05, 3.63) is 0 Å². The molecule has 0 aromatic rings. The van der Waals surface area contributed by atoms with Crippen molar-refractivity contribution < 1.29 is 9.59 Å². The minimum atomic E-state index is 0.255. The number of nitrogens with two attached hydrogens (primary N) is 1. The summed E-state index contributed by atoms with van der Waals surface area (Å²) in [7, 11) is 2.01. The van der Waals surface area contributed by atoms with Crippen LogP contribution in [-0.4, -0.2) is 32.7 Å². The Morgan fingerprint density at radius 1 is 0.862 bits per heavy atom. The van der Waals surface area contributed by atoms with Crippen molar-refractivity contribution in [2.45, 2.75) is 127 Å². The smallest absolute Gasteiger partial charge is 0.129 e. The molecule has 1 unspecified atom stereocenters. The third-order valence-corrected chi connectivity index (χ3v) is 3.34. The molecule has 0 aliphatic carbocycles. The van der Waals surface area contributed by atoms with Gasteiger partial charge in [0.1, 0.15) is 12.6 Å². The van der Waals surface area contributed by atoms with Crippen LogP contribution in [0.4, 0.5) is 0 Å². The second-order valence-corrected chi connectivity index (χ2v) is 6.67. The summed E-state index contributed by atoms with van der Waals surface area (Å²) in [5.41, 5.74) is 5.75. The maximum Gasteiger partial charge on any atom is 0.129 e. The minimum Gasteiger partial charge on any atom is -0.330 e. The molecule has 182 valence electrons. The first kappa shape index (κ1) is 42.4. The number of carbonyl (C=O) groups is 2. The molecule has 0 bridgehead atoms. The fourth-order valence-corrected chi connectivity index (χ4v) is 1.81. The second kappa shape index (κ2) is 56.4. The summed E-state index contributed by atoms with van der Waals surface area (Å²) in [5.74, 6) is 1.02. The highest BCUT2D eigenvalue weighted by Crippen LogP contribution is 2.14. The molecule has 0 aliphatic rings. The van der Waals surface area contributed by atoms with Gasteiger partial charge in [-0.25, -0.2) is 0 Å². The van der Waals surface area contributed by atoms with Crippen LogP contribution >= 0.6 is 0 Å². The predicted molar refractivity (Wildman–Crippen MR) is 136 cm³/mol. The van der Waals surface area contributed by atoms with E-state index in [4.69, 9.17) is 10.5 Å². The molecule has 3 N–H and O–H groups in total. The molecular formula is C25H60N2O2. The van der Waals surface area contributed by atoms with Crippen LogP contribution in [-0.2, 0) is 9.59 Å². The molecule has 0 saturated heterocycles. The third kappa shape index (κ3) is 85.5. The lowest BCUT2D eigenvalue weighted by Crippen LogP contribution is -2.17. The molecule has 0 aliphatic heterocycles. The van der Waals surface area contributed by atoms with Crippen LogP contribution in [0.15, 0.2) is 0 Å². The Labute approximate surface area is 186 Å². The summed E-state index contributed by atoms with van der Waals surface area (Å²) in [5, 5.41) is 3.18. The van der Waals surface area contributed by atoms with Crippen LogP contribution in [0.25, 0.3) is 0 Å². The topological polar surface area (TPSA) is 72.2 Å². The van der Waals surface area contributed by atoms with E-state index in [1.54, 1.807) is 6.92 Å². The van der Waals surface area contributed by atoms with Crippen molar-refractivity contribution in [2.75, 3.05) is 20.1 Å². The van der Waals surface area contributed by atoms with Gasteiger partial charge in [0.05, 0.1) is 0 Å². The van der Waals surface area contributed by atoms with Gasteiger partial charge in [-0.3, -0.25) is 0 Å². The number of hydrogen-bond acceptors (Lipinski definition) is 4. The molecule has 0 fully saturated rings. The number of ketones is 1. The van der Waals surface area contributed by atoms with Gasteiger partial charge in [0, 0.05) is 6.42 Å². The lowest BCUT2D eigenvalue weighted by Gasteiger charge is -2.13. The lowest BCUT2D eigenvalue weighted by molar-refractivity contribution is -0.116. The zero-order chi connectivity index (χ0) is 24.3. The van der Waals surface area contributed by atoms with Gasteiger partial charge in [-0.1, -0.05) is 93.9 Å². The summed E-state index contributed by atoms with van der Waals surface area (Å²) in [6.45, 7) is 22.2. The van der Waals surface area contributed by atoms with E-state index in [1.807, 2.05) is 34.6 Å². The highest BCUT2D eigenvalue weighted by atomic mass is 16.1. The van der Waals surface area contributed by atoms with Crippen LogP contribution in [0.1, 0.15) is 127 Å². The number of unbranched alkanes of at least 4 members (excludes halogenated alkanes) is 3. The standard InChI is InChI=1S/C12H28N2.C4H8O.2C3H8.C2H6.CH2O/c1-3-4-5-6-8-12(11-13)9-7-10-14-2;1-3-4(2)5;2*1-3-2;2*1-2/h12,14H,3-11,13H2,1-2H3;3H2,1-2H3;2*3H2,1-2H3;1-2H3;1H2. The van der Waals surface area contributed by atoms with Gasteiger partial charge < -0.3 is 20.6 Å². The number of Topliss-reactive ketones (excluding diaryl/α,β-unsaturated/α-hetero) is 1. The number of nitrogens with one attached hydrogen (secondary N) is 1. The summed E-state index contributed by atoms with van der Waals surface area (Å²) in [6.07, 6.45) is 12.5. The van der Waals surface area contributed by atoms with Crippen molar-refractivity contribution >= 4 is 12.6 Å². The summed E-state index contributed by atoms with van der Waals surface area (Å²) in [4.78, 5) is 17.8. The van der Waals surface area contributed by atoms with Gasteiger partial charge in [-0.05, 0) is 52.2 Å². The van der Waals surface area contributed by atoms with Crippen molar-refractivity contribution in [1.29, 1.82) is 0 Å². The largest absolute Gasteiger partial charge is 0.330 e. The highest BCUT2D eigenvalue weighted by molar-refractivity contribution is 5.74. The van der Waals surface area contributed by atoms with E-state index >= 15 is 0 Å². The SMILES string of the molecule is C=O.CC.CCC.CCC.CCC(C)=O.CCCCCCC(CN)CCCNC. The molecule has 4 heteroatoms. The van der Waals surface area contributed by atoms with Crippen LogP contribution in [0.5, 0.6) is 0 Å². The normalized spacial score (nSPS) is 9.21. The fourth-order valence-electron chi connectivity index (χ4n) is 1.81.